The molecule has 0 heterocycles. The maximum absolute atomic E-state index is 12.0. The number of ketones is 1. The smallest absolute Gasteiger partial charge is 0.185 e. The van der Waals surface area contributed by atoms with E-state index in [1.807, 2.05) is 42.5 Å². The molecule has 21 heavy (non-hydrogen) atoms. The van der Waals surface area contributed by atoms with Gasteiger partial charge in [-0.2, -0.15) is 0 Å². The number of carbonyl (C=O) groups excluding carboxylic acids is 1. The van der Waals surface area contributed by atoms with Crippen LogP contribution < -0.4 is 4.74 Å². The maximum Gasteiger partial charge on any atom is 0.185 e. The highest BCUT2D eigenvalue weighted by atomic mass is 16.6. The number of oxime groups is 1. The molecule has 0 unspecified atom stereocenters. The van der Waals surface area contributed by atoms with Gasteiger partial charge in [0.05, 0.1) is 0 Å². The topological polar surface area (TPSA) is 47.9 Å². The molecule has 0 N–H and O–H groups in total. The van der Waals surface area contributed by atoms with E-state index in [1.165, 1.54) is 7.11 Å². The second-order valence-corrected chi connectivity index (χ2v) is 4.31. The lowest BCUT2D eigenvalue weighted by atomic mass is 10.0. The molecule has 0 aliphatic rings. The molecule has 0 bridgehead atoms. The summed E-state index contributed by atoms with van der Waals surface area (Å²) in [6.07, 6.45) is 0.349. The molecule has 0 amide bonds. The lowest BCUT2D eigenvalue weighted by Crippen LogP contribution is -2.15. The third kappa shape index (κ3) is 3.69. The molecule has 2 aromatic carbocycles. The van der Waals surface area contributed by atoms with Gasteiger partial charge in [-0.3, -0.25) is 4.79 Å². The van der Waals surface area contributed by atoms with Crippen molar-refractivity contribution < 1.29 is 14.4 Å². The molecule has 4 nitrogen and oxygen atoms in total. The molecule has 0 saturated carbocycles. The van der Waals surface area contributed by atoms with Gasteiger partial charge in [-0.25, -0.2) is 0 Å². The maximum atomic E-state index is 12.0. The Kier molecular flexibility index (Phi) is 5.10. The largest absolute Gasteiger partial charge is 0.457 e. The van der Waals surface area contributed by atoms with Crippen LogP contribution in [0.3, 0.4) is 0 Å². The van der Waals surface area contributed by atoms with Crippen LogP contribution >= 0.6 is 0 Å². The average Bonchev–Trinajstić information content (AvgIpc) is 2.54. The molecule has 0 aromatic heterocycles. The third-order valence-corrected chi connectivity index (χ3v) is 2.88. The van der Waals surface area contributed by atoms with E-state index in [2.05, 4.69) is 5.16 Å². The summed E-state index contributed by atoms with van der Waals surface area (Å²) < 4.78 is 5.84. The van der Waals surface area contributed by atoms with E-state index < -0.39 is 0 Å². The minimum absolute atomic E-state index is 0.0963. The molecule has 108 valence electrons. The van der Waals surface area contributed by atoms with Crippen molar-refractivity contribution in [1.29, 1.82) is 0 Å². The molecular weight excluding hydrogens is 266 g/mol. The SMILES string of the molecule is CCC(=O)/C(=N/OC)c1ccccc1Oc1ccccc1. The van der Waals surface area contributed by atoms with Gasteiger partial charge < -0.3 is 9.57 Å². The average molecular weight is 283 g/mol. The van der Waals surface area contributed by atoms with Gasteiger partial charge in [0.25, 0.3) is 0 Å². The number of ether oxygens (including phenoxy) is 1. The summed E-state index contributed by atoms with van der Waals surface area (Å²) >= 11 is 0. The van der Waals surface area contributed by atoms with Gasteiger partial charge in [-0.1, -0.05) is 42.4 Å². The van der Waals surface area contributed by atoms with Crippen molar-refractivity contribution in [1.82, 2.24) is 0 Å². The third-order valence-electron chi connectivity index (χ3n) is 2.88. The van der Waals surface area contributed by atoms with E-state index in [1.54, 1.807) is 19.1 Å². The van der Waals surface area contributed by atoms with Crippen LogP contribution in [0.5, 0.6) is 11.5 Å². The van der Waals surface area contributed by atoms with Crippen LogP contribution in [0, 0.1) is 0 Å². The lowest BCUT2D eigenvalue weighted by molar-refractivity contribution is -0.112. The summed E-state index contributed by atoms with van der Waals surface area (Å²) in [4.78, 5) is 16.8. The van der Waals surface area contributed by atoms with Crippen LogP contribution in [0.2, 0.25) is 0 Å². The van der Waals surface area contributed by atoms with Gasteiger partial charge in [0, 0.05) is 12.0 Å². The fourth-order valence-corrected chi connectivity index (χ4v) is 1.88. The summed E-state index contributed by atoms with van der Waals surface area (Å²) in [7, 11) is 1.42. The van der Waals surface area contributed by atoms with Crippen LogP contribution in [-0.2, 0) is 9.63 Å². The molecule has 0 radical (unpaired) electrons. The highest BCUT2D eigenvalue weighted by Crippen LogP contribution is 2.26. The fraction of sp³-hybridized carbons (Fsp3) is 0.176. The first-order chi connectivity index (χ1) is 10.3. The Morgan fingerprint density at radius 2 is 1.71 bits per heavy atom. The van der Waals surface area contributed by atoms with E-state index in [4.69, 9.17) is 9.57 Å². The number of hydrogen-bond donors (Lipinski definition) is 0. The number of hydrogen-bond acceptors (Lipinski definition) is 4. The van der Waals surface area contributed by atoms with E-state index in [0.717, 1.165) is 0 Å². The Labute approximate surface area is 124 Å². The fourth-order valence-electron chi connectivity index (χ4n) is 1.88. The molecule has 0 saturated heterocycles. The zero-order chi connectivity index (χ0) is 15.1. The Hall–Kier alpha value is -2.62. The quantitative estimate of drug-likeness (QED) is 0.598. The summed E-state index contributed by atoms with van der Waals surface area (Å²) in [5.41, 5.74) is 0.890. The zero-order valence-electron chi connectivity index (χ0n) is 12.1. The van der Waals surface area contributed by atoms with Gasteiger partial charge in [0.15, 0.2) is 11.5 Å². The van der Waals surface area contributed by atoms with Gasteiger partial charge in [-0.05, 0) is 24.3 Å². The van der Waals surface area contributed by atoms with Gasteiger partial charge in [0.1, 0.15) is 18.6 Å². The number of rotatable bonds is 6. The molecular formula is C17H17NO3. The Balaban J connectivity index is 2.40. The summed E-state index contributed by atoms with van der Waals surface area (Å²) in [6.45, 7) is 1.79. The molecule has 2 aromatic rings. The number of para-hydroxylation sites is 2. The highest BCUT2D eigenvalue weighted by molar-refractivity contribution is 6.46. The van der Waals surface area contributed by atoms with Crippen LogP contribution in [0.1, 0.15) is 18.9 Å². The van der Waals surface area contributed by atoms with Crippen molar-refractivity contribution in [2.75, 3.05) is 7.11 Å². The molecule has 0 aliphatic heterocycles. The summed E-state index contributed by atoms with van der Waals surface area (Å²) in [5, 5.41) is 3.85. The first kappa shape index (κ1) is 14.8. The zero-order valence-corrected chi connectivity index (χ0v) is 12.1. The minimum Gasteiger partial charge on any atom is -0.457 e. The number of carbonyl (C=O) groups is 1. The van der Waals surface area contributed by atoms with Gasteiger partial charge in [-0.15, -0.1) is 0 Å². The van der Waals surface area contributed by atoms with Crippen molar-refractivity contribution >= 4 is 11.5 Å². The molecule has 2 rings (SSSR count). The van der Waals surface area contributed by atoms with Gasteiger partial charge >= 0.3 is 0 Å². The number of Topliss-reactive ketones (excluding diaryl/α,β-unsaturated/α-hetero) is 1. The van der Waals surface area contributed by atoms with Crippen molar-refractivity contribution in [3.63, 3.8) is 0 Å². The normalized spacial score (nSPS) is 11.0. The molecule has 0 atom stereocenters. The Bertz CT molecular complexity index is 635. The predicted octanol–water partition coefficient (Wildman–Crippen LogP) is 3.81. The monoisotopic (exact) mass is 283 g/mol. The number of benzene rings is 2. The van der Waals surface area contributed by atoms with E-state index >= 15 is 0 Å². The first-order valence-electron chi connectivity index (χ1n) is 6.73. The van der Waals surface area contributed by atoms with Gasteiger partial charge in [0.2, 0.25) is 0 Å². The molecule has 0 fully saturated rings. The lowest BCUT2D eigenvalue weighted by Gasteiger charge is -2.11. The Morgan fingerprint density at radius 3 is 2.38 bits per heavy atom. The summed E-state index contributed by atoms with van der Waals surface area (Å²) in [5.74, 6) is 1.17. The molecule has 0 spiro atoms. The highest BCUT2D eigenvalue weighted by Gasteiger charge is 2.18. The standard InChI is InChI=1S/C17H17NO3/c1-3-15(19)17(18-20-2)14-11-7-8-12-16(14)21-13-9-5-4-6-10-13/h4-12H,3H2,1-2H3/b18-17+. The van der Waals surface area contributed by atoms with E-state index in [9.17, 15) is 4.79 Å². The molecule has 4 heteroatoms. The van der Waals surface area contributed by atoms with Crippen molar-refractivity contribution in [2.45, 2.75) is 13.3 Å². The van der Waals surface area contributed by atoms with E-state index in [0.29, 0.717) is 23.5 Å². The molecule has 0 aliphatic carbocycles. The van der Waals surface area contributed by atoms with Crippen LogP contribution in [-0.4, -0.2) is 18.6 Å². The van der Waals surface area contributed by atoms with Crippen molar-refractivity contribution in [3.8, 4) is 11.5 Å². The van der Waals surface area contributed by atoms with E-state index in [-0.39, 0.29) is 11.5 Å². The van der Waals surface area contributed by atoms with Crippen LogP contribution in [0.25, 0.3) is 0 Å². The first-order valence-corrected chi connectivity index (χ1v) is 6.73. The van der Waals surface area contributed by atoms with Crippen LogP contribution in [0.15, 0.2) is 59.8 Å². The van der Waals surface area contributed by atoms with Crippen molar-refractivity contribution in [2.24, 2.45) is 5.16 Å². The second kappa shape index (κ2) is 7.24. The predicted molar refractivity (Wildman–Crippen MR) is 81.8 cm³/mol. The number of nitrogens with zero attached hydrogens (tertiary/aromatic N) is 1. The summed E-state index contributed by atoms with van der Waals surface area (Å²) in [6, 6.07) is 16.7. The Morgan fingerprint density at radius 1 is 1.05 bits per heavy atom. The van der Waals surface area contributed by atoms with Crippen LogP contribution in [0.4, 0.5) is 0 Å². The second-order valence-electron chi connectivity index (χ2n) is 4.31. The van der Waals surface area contributed by atoms with Crippen molar-refractivity contribution in [3.05, 3.63) is 60.2 Å². The minimum atomic E-state index is -0.0963.